The normalized spacial score (nSPS) is 17.9. The summed E-state index contributed by atoms with van der Waals surface area (Å²) in [6.07, 6.45) is 6.40. The molecule has 1 aliphatic heterocycles. The Balaban J connectivity index is 1.92. The molecule has 1 saturated heterocycles. The molecule has 0 radical (unpaired) electrons. The van der Waals surface area contributed by atoms with Crippen LogP contribution in [0.3, 0.4) is 0 Å². The van der Waals surface area contributed by atoms with Gasteiger partial charge in [0, 0.05) is 44.2 Å². The third-order valence-electron chi connectivity index (χ3n) is 4.58. The molecular formula is C18H25N5O2S. The highest BCUT2D eigenvalue weighted by atomic mass is 32.2. The molecule has 1 atom stereocenters. The van der Waals surface area contributed by atoms with Gasteiger partial charge in [-0.05, 0) is 44.0 Å². The van der Waals surface area contributed by atoms with E-state index in [4.69, 9.17) is 0 Å². The van der Waals surface area contributed by atoms with E-state index in [1.165, 1.54) is 12.5 Å². The number of aryl methyl sites for hydroxylation is 1. The Morgan fingerprint density at radius 1 is 1.35 bits per heavy atom. The predicted molar refractivity (Wildman–Crippen MR) is 101 cm³/mol. The van der Waals surface area contributed by atoms with Crippen LogP contribution in [0.5, 0.6) is 0 Å². The van der Waals surface area contributed by atoms with E-state index in [1.54, 1.807) is 6.20 Å². The van der Waals surface area contributed by atoms with Crippen molar-refractivity contribution in [3.63, 3.8) is 0 Å². The molecule has 0 aromatic carbocycles. The average molecular weight is 375 g/mol. The number of hydrogen-bond acceptors (Lipinski definition) is 7. The fourth-order valence-corrected chi connectivity index (χ4v) is 4.11. The molecule has 7 nitrogen and oxygen atoms in total. The van der Waals surface area contributed by atoms with E-state index >= 15 is 0 Å². The minimum absolute atomic E-state index is 0.0896. The first kappa shape index (κ1) is 18.7. The van der Waals surface area contributed by atoms with Crippen LogP contribution in [0.1, 0.15) is 35.7 Å². The minimum atomic E-state index is -3.37. The smallest absolute Gasteiger partial charge is 0.225 e. The number of pyridine rings is 1. The van der Waals surface area contributed by atoms with Crippen LogP contribution in [0, 0.1) is 6.92 Å². The van der Waals surface area contributed by atoms with Crippen molar-refractivity contribution in [3.8, 4) is 0 Å². The first-order valence-electron chi connectivity index (χ1n) is 8.75. The fraction of sp³-hybridized carbons (Fsp3) is 0.500. The lowest BCUT2D eigenvalue weighted by molar-refractivity contribution is 0.447. The molecule has 1 aliphatic rings. The molecule has 0 bridgehead atoms. The summed E-state index contributed by atoms with van der Waals surface area (Å²) in [7, 11) is -1.46. The maximum absolute atomic E-state index is 12.2. The summed E-state index contributed by atoms with van der Waals surface area (Å²) in [6, 6.07) is 3.98. The van der Waals surface area contributed by atoms with E-state index in [-0.39, 0.29) is 10.8 Å². The molecule has 140 valence electrons. The summed E-state index contributed by atoms with van der Waals surface area (Å²) in [5.41, 5.74) is 2.69. The Morgan fingerprint density at radius 2 is 2.15 bits per heavy atom. The Bertz CT molecular complexity index is 879. The van der Waals surface area contributed by atoms with E-state index < -0.39 is 9.84 Å². The summed E-state index contributed by atoms with van der Waals surface area (Å²) in [5.74, 6) is 0.624. The number of piperidine rings is 1. The lowest BCUT2D eigenvalue weighted by atomic mass is 9.96. The third-order valence-corrected chi connectivity index (χ3v) is 5.69. The molecule has 3 heterocycles. The van der Waals surface area contributed by atoms with Gasteiger partial charge in [0.05, 0.1) is 11.9 Å². The zero-order chi connectivity index (χ0) is 18.7. The van der Waals surface area contributed by atoms with Crippen LogP contribution in [0.4, 0.5) is 5.95 Å². The number of aromatic nitrogens is 3. The Hall–Kier alpha value is -2.06. The van der Waals surface area contributed by atoms with E-state index in [2.05, 4.69) is 20.3 Å². The van der Waals surface area contributed by atoms with Crippen LogP contribution in [0.25, 0.3) is 0 Å². The predicted octanol–water partition coefficient (Wildman–Crippen LogP) is 1.69. The van der Waals surface area contributed by atoms with E-state index in [0.717, 1.165) is 37.2 Å². The second-order valence-corrected chi connectivity index (χ2v) is 8.88. The van der Waals surface area contributed by atoms with Gasteiger partial charge in [-0.2, -0.15) is 0 Å². The number of nitrogens with one attached hydrogen (secondary N) is 1. The summed E-state index contributed by atoms with van der Waals surface area (Å²) >= 11 is 0. The molecular weight excluding hydrogens is 350 g/mol. The van der Waals surface area contributed by atoms with Crippen molar-refractivity contribution in [1.82, 2.24) is 20.3 Å². The average Bonchev–Trinajstić information content (AvgIpc) is 2.61. The van der Waals surface area contributed by atoms with Gasteiger partial charge >= 0.3 is 0 Å². The second kappa shape index (κ2) is 7.67. The van der Waals surface area contributed by atoms with Crippen LogP contribution in [0.2, 0.25) is 0 Å². The summed E-state index contributed by atoms with van der Waals surface area (Å²) in [4.78, 5) is 15.4. The molecule has 2 aromatic heterocycles. The van der Waals surface area contributed by atoms with Crippen molar-refractivity contribution in [1.29, 1.82) is 0 Å². The van der Waals surface area contributed by atoms with Crippen molar-refractivity contribution in [2.45, 2.75) is 37.1 Å². The first-order chi connectivity index (χ1) is 12.3. The van der Waals surface area contributed by atoms with Gasteiger partial charge in [0.25, 0.3) is 0 Å². The Kier molecular flexibility index (Phi) is 5.52. The SMILES string of the molecule is Cc1cc(CN(C)c2ncc(S(C)(=O)=O)c(C3CCCNC3)n2)ccn1. The molecule has 2 aromatic rings. The fourth-order valence-electron chi connectivity index (χ4n) is 3.27. The number of hydrogen-bond donors (Lipinski definition) is 1. The van der Waals surface area contributed by atoms with Crippen LogP contribution < -0.4 is 10.2 Å². The molecule has 8 heteroatoms. The first-order valence-corrected chi connectivity index (χ1v) is 10.6. The van der Waals surface area contributed by atoms with E-state index in [1.807, 2.05) is 31.0 Å². The zero-order valence-electron chi connectivity index (χ0n) is 15.4. The molecule has 3 rings (SSSR count). The Morgan fingerprint density at radius 3 is 2.81 bits per heavy atom. The largest absolute Gasteiger partial charge is 0.340 e. The molecule has 1 unspecified atom stereocenters. The summed E-state index contributed by atoms with van der Waals surface area (Å²) in [6.45, 7) is 4.29. The van der Waals surface area contributed by atoms with Gasteiger partial charge in [-0.3, -0.25) is 4.98 Å². The number of nitrogens with zero attached hydrogens (tertiary/aromatic N) is 4. The second-order valence-electron chi connectivity index (χ2n) is 6.90. The quantitative estimate of drug-likeness (QED) is 0.851. The van der Waals surface area contributed by atoms with Gasteiger partial charge in [-0.1, -0.05) is 0 Å². The van der Waals surface area contributed by atoms with Crippen molar-refractivity contribution in [3.05, 3.63) is 41.5 Å². The minimum Gasteiger partial charge on any atom is -0.340 e. The summed E-state index contributed by atoms with van der Waals surface area (Å²) < 4.78 is 24.4. The molecule has 26 heavy (non-hydrogen) atoms. The van der Waals surface area contributed by atoms with Crippen LogP contribution in [0.15, 0.2) is 29.4 Å². The van der Waals surface area contributed by atoms with E-state index in [9.17, 15) is 8.42 Å². The molecule has 1 N–H and O–H groups in total. The van der Waals surface area contributed by atoms with Crippen LogP contribution in [-0.2, 0) is 16.4 Å². The number of rotatable bonds is 5. The maximum atomic E-state index is 12.2. The van der Waals surface area contributed by atoms with Gasteiger partial charge in [-0.15, -0.1) is 0 Å². The number of anilines is 1. The van der Waals surface area contributed by atoms with Crippen molar-refractivity contribution < 1.29 is 8.42 Å². The molecule has 0 amide bonds. The topological polar surface area (TPSA) is 88.1 Å². The third kappa shape index (κ3) is 4.37. The Labute approximate surface area is 154 Å². The molecule has 0 spiro atoms. The highest BCUT2D eigenvalue weighted by Gasteiger charge is 2.25. The highest BCUT2D eigenvalue weighted by molar-refractivity contribution is 7.90. The molecule has 0 saturated carbocycles. The maximum Gasteiger partial charge on any atom is 0.225 e. The molecule has 1 fully saturated rings. The lowest BCUT2D eigenvalue weighted by Crippen LogP contribution is -2.30. The van der Waals surface area contributed by atoms with Crippen molar-refractivity contribution >= 4 is 15.8 Å². The van der Waals surface area contributed by atoms with E-state index in [0.29, 0.717) is 18.2 Å². The standard InChI is InChI=1S/C18H25N5O2S/c1-13-9-14(6-8-20-13)12-23(2)18-21-11-16(26(3,24)25)17(22-18)15-5-4-7-19-10-15/h6,8-9,11,15,19H,4-5,7,10,12H2,1-3H3. The van der Waals surface area contributed by atoms with Crippen molar-refractivity contribution in [2.75, 3.05) is 31.3 Å². The van der Waals surface area contributed by atoms with Crippen LogP contribution in [-0.4, -0.2) is 49.8 Å². The van der Waals surface area contributed by atoms with Gasteiger partial charge in [0.1, 0.15) is 4.90 Å². The monoisotopic (exact) mass is 375 g/mol. The van der Waals surface area contributed by atoms with Gasteiger partial charge in [-0.25, -0.2) is 18.4 Å². The van der Waals surface area contributed by atoms with Crippen LogP contribution >= 0.6 is 0 Å². The summed E-state index contributed by atoms with van der Waals surface area (Å²) in [5, 5.41) is 3.33. The molecule has 0 aliphatic carbocycles. The van der Waals surface area contributed by atoms with Gasteiger partial charge in [0.15, 0.2) is 9.84 Å². The van der Waals surface area contributed by atoms with Gasteiger partial charge < -0.3 is 10.2 Å². The van der Waals surface area contributed by atoms with Gasteiger partial charge in [0.2, 0.25) is 5.95 Å². The van der Waals surface area contributed by atoms with Crippen molar-refractivity contribution in [2.24, 2.45) is 0 Å². The highest BCUT2D eigenvalue weighted by Crippen LogP contribution is 2.28. The zero-order valence-corrected chi connectivity index (χ0v) is 16.3. The number of sulfone groups is 1. The lowest BCUT2D eigenvalue weighted by Gasteiger charge is -2.25.